The Morgan fingerprint density at radius 1 is 1.18 bits per heavy atom. The van der Waals surface area contributed by atoms with Crippen molar-refractivity contribution < 1.29 is 14.2 Å². The van der Waals surface area contributed by atoms with Gasteiger partial charge in [-0.1, -0.05) is 18.2 Å². The van der Waals surface area contributed by atoms with Gasteiger partial charge in [-0.3, -0.25) is 4.99 Å². The zero-order chi connectivity index (χ0) is 19.5. The van der Waals surface area contributed by atoms with Crippen molar-refractivity contribution in [1.29, 1.82) is 0 Å². The molecule has 0 amide bonds. The van der Waals surface area contributed by atoms with Crippen LogP contribution in [-0.4, -0.2) is 44.4 Å². The second kappa shape index (κ2) is 13.2. The highest BCUT2D eigenvalue weighted by molar-refractivity contribution is 14.0. The lowest BCUT2D eigenvalue weighted by Crippen LogP contribution is -2.43. The number of benzene rings is 1. The maximum Gasteiger partial charge on any atom is 0.219 e. The van der Waals surface area contributed by atoms with Crippen LogP contribution >= 0.6 is 24.0 Å². The van der Waals surface area contributed by atoms with E-state index in [9.17, 15) is 0 Å². The lowest BCUT2D eigenvalue weighted by atomic mass is 10.3. The molecule has 1 heterocycles. The van der Waals surface area contributed by atoms with Crippen LogP contribution in [0.2, 0.25) is 0 Å². The minimum atomic E-state index is 0. The first-order valence-electron chi connectivity index (χ1n) is 8.97. The van der Waals surface area contributed by atoms with E-state index in [1.165, 1.54) is 0 Å². The van der Waals surface area contributed by atoms with Crippen LogP contribution in [0.1, 0.15) is 19.4 Å². The number of ether oxygens (including phenoxy) is 3. The van der Waals surface area contributed by atoms with Crippen molar-refractivity contribution in [2.45, 2.75) is 26.4 Å². The number of hydrogen-bond donors (Lipinski definition) is 2. The third-order valence-corrected chi connectivity index (χ3v) is 3.64. The monoisotopic (exact) mass is 500 g/mol. The van der Waals surface area contributed by atoms with Gasteiger partial charge in [0.25, 0.3) is 0 Å². The standard InChI is InChI=1S/C20H28N4O3.HI/c1-5-26-17-8-6-7-9-18(17)27-19-11-10-16(12-22-19)13-23-20(21-3)24-15(2)14-25-4;/h6-12,15H,5,13-14H2,1-4H3,(H2,21,23,24);1H. The van der Waals surface area contributed by atoms with Crippen LogP contribution in [-0.2, 0) is 11.3 Å². The fourth-order valence-corrected chi connectivity index (χ4v) is 2.40. The highest BCUT2D eigenvalue weighted by atomic mass is 127. The maximum atomic E-state index is 5.84. The number of nitrogens with zero attached hydrogens (tertiary/aromatic N) is 2. The maximum absolute atomic E-state index is 5.84. The van der Waals surface area contributed by atoms with Crippen LogP contribution in [0.15, 0.2) is 47.6 Å². The van der Waals surface area contributed by atoms with E-state index < -0.39 is 0 Å². The second-order valence-electron chi connectivity index (χ2n) is 5.91. The topological polar surface area (TPSA) is 77.0 Å². The molecule has 1 unspecified atom stereocenters. The number of guanidine groups is 1. The van der Waals surface area contributed by atoms with Crippen LogP contribution in [0.3, 0.4) is 0 Å². The summed E-state index contributed by atoms with van der Waals surface area (Å²) in [6.07, 6.45) is 1.78. The zero-order valence-corrected chi connectivity index (χ0v) is 19.1. The molecule has 0 radical (unpaired) electrons. The molecular weight excluding hydrogens is 471 g/mol. The fourth-order valence-electron chi connectivity index (χ4n) is 2.40. The summed E-state index contributed by atoms with van der Waals surface area (Å²) in [4.78, 5) is 8.58. The van der Waals surface area contributed by atoms with E-state index >= 15 is 0 Å². The van der Waals surface area contributed by atoms with Crippen LogP contribution in [0.5, 0.6) is 17.4 Å². The highest BCUT2D eigenvalue weighted by Gasteiger charge is 2.07. The molecule has 0 saturated carbocycles. The molecule has 0 aliphatic carbocycles. The van der Waals surface area contributed by atoms with Crippen LogP contribution in [0, 0.1) is 0 Å². The molecule has 7 nitrogen and oxygen atoms in total. The van der Waals surface area contributed by atoms with Crippen molar-refractivity contribution in [3.05, 3.63) is 48.2 Å². The van der Waals surface area contributed by atoms with Crippen LogP contribution in [0.4, 0.5) is 0 Å². The van der Waals surface area contributed by atoms with E-state index in [0.29, 0.717) is 43.1 Å². The average Bonchev–Trinajstić information content (AvgIpc) is 2.68. The molecule has 154 valence electrons. The van der Waals surface area contributed by atoms with Gasteiger partial charge < -0.3 is 24.8 Å². The van der Waals surface area contributed by atoms with Crippen LogP contribution < -0.4 is 20.1 Å². The summed E-state index contributed by atoms with van der Waals surface area (Å²) >= 11 is 0. The van der Waals surface area contributed by atoms with Crippen molar-refractivity contribution in [3.63, 3.8) is 0 Å². The van der Waals surface area contributed by atoms with Crippen LogP contribution in [0.25, 0.3) is 0 Å². The molecule has 1 atom stereocenters. The zero-order valence-electron chi connectivity index (χ0n) is 16.8. The molecular formula is C20H29IN4O3. The summed E-state index contributed by atoms with van der Waals surface area (Å²) in [7, 11) is 3.41. The third kappa shape index (κ3) is 7.89. The Morgan fingerprint density at radius 3 is 2.54 bits per heavy atom. The summed E-state index contributed by atoms with van der Waals surface area (Å²) in [5.41, 5.74) is 1.02. The average molecular weight is 500 g/mol. The van der Waals surface area contributed by atoms with E-state index in [1.54, 1.807) is 20.4 Å². The van der Waals surface area contributed by atoms with E-state index in [4.69, 9.17) is 14.2 Å². The summed E-state index contributed by atoms with van der Waals surface area (Å²) in [6.45, 7) is 5.76. The summed E-state index contributed by atoms with van der Waals surface area (Å²) < 4.78 is 16.5. The van der Waals surface area contributed by atoms with Gasteiger partial charge in [0.1, 0.15) is 0 Å². The largest absolute Gasteiger partial charge is 0.490 e. The Labute approximate surface area is 183 Å². The normalized spacial score (nSPS) is 11.9. The molecule has 1 aromatic heterocycles. The number of para-hydroxylation sites is 2. The van der Waals surface area contributed by atoms with Gasteiger partial charge in [-0.2, -0.15) is 0 Å². The lowest BCUT2D eigenvalue weighted by molar-refractivity contribution is 0.179. The third-order valence-electron chi connectivity index (χ3n) is 3.64. The number of aromatic nitrogens is 1. The lowest BCUT2D eigenvalue weighted by Gasteiger charge is -2.17. The van der Waals surface area contributed by atoms with Crippen molar-refractivity contribution in [3.8, 4) is 17.4 Å². The molecule has 0 spiro atoms. The summed E-state index contributed by atoms with van der Waals surface area (Å²) in [6, 6.07) is 11.5. The first-order chi connectivity index (χ1) is 13.2. The minimum absolute atomic E-state index is 0. The number of aliphatic imine (C=N–C) groups is 1. The fraction of sp³-hybridized carbons (Fsp3) is 0.400. The predicted octanol–water partition coefficient (Wildman–Crippen LogP) is 3.59. The highest BCUT2D eigenvalue weighted by Crippen LogP contribution is 2.30. The number of nitrogens with one attached hydrogen (secondary N) is 2. The first-order valence-corrected chi connectivity index (χ1v) is 8.97. The second-order valence-corrected chi connectivity index (χ2v) is 5.91. The number of halogens is 1. The number of methoxy groups -OCH3 is 1. The van der Waals surface area contributed by atoms with Crippen molar-refractivity contribution in [2.24, 2.45) is 4.99 Å². The first kappa shape index (κ1) is 24.0. The molecule has 1 aromatic carbocycles. The van der Waals surface area contributed by atoms with Crippen molar-refractivity contribution >= 4 is 29.9 Å². The Morgan fingerprint density at radius 2 is 1.93 bits per heavy atom. The van der Waals surface area contributed by atoms with E-state index in [1.807, 2.05) is 50.2 Å². The van der Waals surface area contributed by atoms with Crippen molar-refractivity contribution in [1.82, 2.24) is 15.6 Å². The van der Waals surface area contributed by atoms with Gasteiger partial charge in [0.2, 0.25) is 5.88 Å². The Kier molecular flexibility index (Phi) is 11.3. The molecule has 8 heteroatoms. The Hall–Kier alpha value is -2.07. The van der Waals surface area contributed by atoms with Crippen molar-refractivity contribution in [2.75, 3.05) is 27.4 Å². The van der Waals surface area contributed by atoms with E-state index in [0.717, 1.165) is 5.56 Å². The van der Waals surface area contributed by atoms with Gasteiger partial charge in [-0.25, -0.2) is 4.98 Å². The smallest absolute Gasteiger partial charge is 0.219 e. The van der Waals surface area contributed by atoms with Gasteiger partial charge in [0.05, 0.1) is 13.2 Å². The predicted molar refractivity (Wildman–Crippen MR) is 122 cm³/mol. The van der Waals surface area contributed by atoms with E-state index in [-0.39, 0.29) is 30.0 Å². The number of hydrogen-bond acceptors (Lipinski definition) is 5. The molecule has 0 aliphatic heterocycles. The Balaban J connectivity index is 0.00000392. The molecule has 0 saturated heterocycles. The van der Waals surface area contributed by atoms with Gasteiger partial charge in [0.15, 0.2) is 17.5 Å². The number of rotatable bonds is 9. The SMILES string of the molecule is CCOc1ccccc1Oc1ccc(CNC(=NC)NC(C)COC)cn1.I. The summed E-state index contributed by atoms with van der Waals surface area (Å²) in [5.74, 6) is 2.58. The quantitative estimate of drug-likeness (QED) is 0.312. The molecule has 0 aliphatic rings. The molecule has 2 rings (SSSR count). The number of pyridine rings is 1. The molecule has 0 bridgehead atoms. The minimum Gasteiger partial charge on any atom is -0.490 e. The molecule has 0 fully saturated rings. The van der Waals surface area contributed by atoms with Gasteiger partial charge in [-0.15, -0.1) is 24.0 Å². The molecule has 2 N–H and O–H groups in total. The van der Waals surface area contributed by atoms with Gasteiger partial charge in [-0.05, 0) is 31.5 Å². The molecule has 2 aromatic rings. The van der Waals surface area contributed by atoms with Gasteiger partial charge in [0, 0.05) is 39.0 Å². The summed E-state index contributed by atoms with van der Waals surface area (Å²) in [5, 5.41) is 6.51. The van der Waals surface area contributed by atoms with Gasteiger partial charge >= 0.3 is 0 Å². The Bertz CT molecular complexity index is 726. The van der Waals surface area contributed by atoms with E-state index in [2.05, 4.69) is 20.6 Å². The molecule has 28 heavy (non-hydrogen) atoms.